The number of aliphatic hydroxyl groups is 1. The third kappa shape index (κ3) is 7.19. The van der Waals surface area contributed by atoms with Crippen molar-refractivity contribution in [1.29, 1.82) is 0 Å². The maximum absolute atomic E-state index is 11.9. The first-order valence-electron chi connectivity index (χ1n) is 3.66. The van der Waals surface area contributed by atoms with E-state index in [2.05, 4.69) is 0 Å². The molecule has 0 aromatic heterocycles. The highest BCUT2D eigenvalue weighted by molar-refractivity contribution is 6.36. The molecule has 0 spiro atoms. The second-order valence-corrected chi connectivity index (χ2v) is 3.11. The Balaban J connectivity index is 3.93. The first kappa shape index (κ1) is 13.1. The summed E-state index contributed by atoms with van der Waals surface area (Å²) in [4.78, 5) is 1.33. The van der Waals surface area contributed by atoms with Gasteiger partial charge in [-0.15, -0.1) is 0 Å². The molecule has 0 fully saturated rings. The molecular weight excluding hydrogens is 223 g/mol. The molecule has 6 heteroatoms. The summed E-state index contributed by atoms with van der Waals surface area (Å²) >= 11 is 10.8. The smallest absolute Gasteiger partial charge is 0.251 e. The number of aliphatic hydroxyl groups excluding tert-OH is 1. The van der Waals surface area contributed by atoms with Crippen LogP contribution in [0.3, 0.4) is 0 Å². The number of alkyl halides is 2. The van der Waals surface area contributed by atoms with Gasteiger partial charge in [0.2, 0.25) is 0 Å². The van der Waals surface area contributed by atoms with E-state index in [1.807, 2.05) is 0 Å². The van der Waals surface area contributed by atoms with Crippen molar-refractivity contribution in [1.82, 2.24) is 4.90 Å². The molecule has 0 unspecified atom stereocenters. The lowest BCUT2D eigenvalue weighted by atomic mass is 10.4. The molecule has 0 radical (unpaired) electrons. The molecular formula is C7H11Cl2F2NO. The Kier molecular flexibility index (Phi) is 7.56. The minimum atomic E-state index is -2.44. The molecule has 0 bridgehead atoms. The van der Waals surface area contributed by atoms with Crippen molar-refractivity contribution >= 4 is 23.2 Å². The van der Waals surface area contributed by atoms with Crippen LogP contribution in [-0.2, 0) is 0 Å². The van der Waals surface area contributed by atoms with Crippen molar-refractivity contribution < 1.29 is 13.9 Å². The molecule has 0 atom stereocenters. The Morgan fingerprint density at radius 1 is 1.54 bits per heavy atom. The maximum atomic E-state index is 11.9. The van der Waals surface area contributed by atoms with Gasteiger partial charge in [0.15, 0.2) is 0 Å². The lowest BCUT2D eigenvalue weighted by Crippen LogP contribution is -2.32. The SMILES string of the molecule is OCCN(CC(Cl)=CCl)CC(F)F. The number of rotatable bonds is 6. The molecule has 78 valence electrons. The molecule has 0 aliphatic carbocycles. The van der Waals surface area contributed by atoms with Gasteiger partial charge in [-0.3, -0.25) is 4.90 Å². The Labute approximate surface area is 85.7 Å². The summed E-state index contributed by atoms with van der Waals surface area (Å²) in [5.74, 6) is 0. The number of hydrogen-bond acceptors (Lipinski definition) is 2. The normalized spacial score (nSPS) is 13.0. The van der Waals surface area contributed by atoms with E-state index < -0.39 is 13.0 Å². The van der Waals surface area contributed by atoms with Crippen molar-refractivity contribution in [2.45, 2.75) is 6.43 Å². The van der Waals surface area contributed by atoms with Crippen LogP contribution in [0, 0.1) is 0 Å². The van der Waals surface area contributed by atoms with Gasteiger partial charge in [-0.2, -0.15) is 0 Å². The summed E-state index contributed by atoms with van der Waals surface area (Å²) in [6.45, 7) is -0.304. The molecule has 0 aliphatic heterocycles. The van der Waals surface area contributed by atoms with E-state index in [0.29, 0.717) is 0 Å². The number of nitrogens with zero attached hydrogens (tertiary/aromatic N) is 1. The van der Waals surface area contributed by atoms with Crippen LogP contribution < -0.4 is 0 Å². The van der Waals surface area contributed by atoms with E-state index in [1.165, 1.54) is 4.90 Å². The third-order valence-electron chi connectivity index (χ3n) is 1.31. The van der Waals surface area contributed by atoms with Gasteiger partial charge in [-0.1, -0.05) is 23.2 Å². The predicted molar refractivity (Wildman–Crippen MR) is 49.3 cm³/mol. The average Bonchev–Trinajstić information content (AvgIpc) is 2.03. The average molecular weight is 234 g/mol. The predicted octanol–water partition coefficient (Wildman–Crippen LogP) is 1.86. The van der Waals surface area contributed by atoms with Gasteiger partial charge in [-0.25, -0.2) is 8.78 Å². The van der Waals surface area contributed by atoms with Crippen LogP contribution in [0.2, 0.25) is 0 Å². The Hall–Kier alpha value is 0.1000. The van der Waals surface area contributed by atoms with Crippen molar-refractivity contribution in [2.24, 2.45) is 0 Å². The molecule has 2 nitrogen and oxygen atoms in total. The molecule has 0 aromatic rings. The Bertz CT molecular complexity index is 167. The van der Waals surface area contributed by atoms with Crippen molar-refractivity contribution in [3.63, 3.8) is 0 Å². The van der Waals surface area contributed by atoms with E-state index in [-0.39, 0.29) is 24.7 Å². The van der Waals surface area contributed by atoms with E-state index in [0.717, 1.165) is 5.54 Å². The van der Waals surface area contributed by atoms with Gasteiger partial charge < -0.3 is 5.11 Å². The highest BCUT2D eigenvalue weighted by atomic mass is 35.5. The fourth-order valence-corrected chi connectivity index (χ4v) is 1.06. The molecule has 1 N–H and O–H groups in total. The largest absolute Gasteiger partial charge is 0.395 e. The second kappa shape index (κ2) is 7.50. The summed E-state index contributed by atoms with van der Waals surface area (Å²) < 4.78 is 23.9. The van der Waals surface area contributed by atoms with Crippen molar-refractivity contribution in [2.75, 3.05) is 26.2 Å². The first-order chi connectivity index (χ1) is 6.10. The van der Waals surface area contributed by atoms with Crippen LogP contribution in [0.5, 0.6) is 0 Å². The van der Waals surface area contributed by atoms with Crippen LogP contribution >= 0.6 is 23.2 Å². The highest BCUT2D eigenvalue weighted by Crippen LogP contribution is 2.07. The zero-order valence-corrected chi connectivity index (χ0v) is 8.40. The first-order valence-corrected chi connectivity index (χ1v) is 4.47. The molecule has 0 aliphatic rings. The minimum Gasteiger partial charge on any atom is -0.395 e. The summed E-state index contributed by atoms with van der Waals surface area (Å²) in [6.07, 6.45) is -2.44. The quantitative estimate of drug-likeness (QED) is 0.758. The standard InChI is InChI=1S/C7H11Cl2F2NO/c8-3-6(9)4-12(1-2-13)5-7(10)11/h3,7,13H,1-2,4-5H2. The fourth-order valence-electron chi connectivity index (χ4n) is 0.820. The monoisotopic (exact) mass is 233 g/mol. The van der Waals surface area contributed by atoms with Crippen LogP contribution in [0.25, 0.3) is 0 Å². The minimum absolute atomic E-state index is 0.135. The molecule has 13 heavy (non-hydrogen) atoms. The van der Waals surface area contributed by atoms with Gasteiger partial charge in [0, 0.05) is 23.7 Å². The van der Waals surface area contributed by atoms with Crippen LogP contribution in [0.1, 0.15) is 0 Å². The summed E-state index contributed by atoms with van der Waals surface area (Å²) in [6, 6.07) is 0. The molecule has 0 heterocycles. The molecule has 0 aromatic carbocycles. The molecule has 0 rings (SSSR count). The maximum Gasteiger partial charge on any atom is 0.251 e. The van der Waals surface area contributed by atoms with Gasteiger partial charge in [0.25, 0.3) is 6.43 Å². The zero-order valence-electron chi connectivity index (χ0n) is 6.89. The Morgan fingerprint density at radius 3 is 2.54 bits per heavy atom. The fraction of sp³-hybridized carbons (Fsp3) is 0.714. The molecule has 0 saturated carbocycles. The lowest BCUT2D eigenvalue weighted by molar-refractivity contribution is 0.0839. The zero-order chi connectivity index (χ0) is 10.3. The van der Waals surface area contributed by atoms with E-state index >= 15 is 0 Å². The molecule has 0 saturated heterocycles. The van der Waals surface area contributed by atoms with Crippen molar-refractivity contribution in [3.05, 3.63) is 10.6 Å². The van der Waals surface area contributed by atoms with Crippen molar-refractivity contribution in [3.8, 4) is 0 Å². The topological polar surface area (TPSA) is 23.5 Å². The number of hydrogen-bond donors (Lipinski definition) is 1. The third-order valence-corrected chi connectivity index (χ3v) is 1.91. The Morgan fingerprint density at radius 2 is 2.15 bits per heavy atom. The van der Waals surface area contributed by atoms with Gasteiger partial charge in [0.1, 0.15) is 0 Å². The number of halogens is 4. The summed E-state index contributed by atoms with van der Waals surface area (Å²) in [7, 11) is 0. The van der Waals surface area contributed by atoms with Crippen LogP contribution in [0.4, 0.5) is 8.78 Å². The van der Waals surface area contributed by atoms with E-state index in [1.54, 1.807) is 0 Å². The van der Waals surface area contributed by atoms with E-state index in [4.69, 9.17) is 28.3 Å². The summed E-state index contributed by atoms with van der Waals surface area (Å²) in [5, 5.41) is 8.83. The summed E-state index contributed by atoms with van der Waals surface area (Å²) in [5.41, 5.74) is 1.12. The van der Waals surface area contributed by atoms with E-state index in [9.17, 15) is 8.78 Å². The van der Waals surface area contributed by atoms with Gasteiger partial charge in [-0.05, 0) is 0 Å². The highest BCUT2D eigenvalue weighted by Gasteiger charge is 2.12. The van der Waals surface area contributed by atoms with Gasteiger partial charge in [0.05, 0.1) is 13.2 Å². The van der Waals surface area contributed by atoms with Crippen LogP contribution in [0.15, 0.2) is 10.6 Å². The van der Waals surface area contributed by atoms with Gasteiger partial charge >= 0.3 is 0 Å². The molecule has 0 amide bonds. The second-order valence-electron chi connectivity index (χ2n) is 2.41. The lowest BCUT2D eigenvalue weighted by Gasteiger charge is -2.19. The van der Waals surface area contributed by atoms with Crippen LogP contribution in [-0.4, -0.2) is 42.7 Å².